The summed E-state index contributed by atoms with van der Waals surface area (Å²) in [4.78, 5) is 30.8. The van der Waals surface area contributed by atoms with Crippen LogP contribution < -0.4 is 10.6 Å². The van der Waals surface area contributed by atoms with Crippen LogP contribution in [-0.2, 0) is 16.0 Å². The molecule has 0 spiro atoms. The third-order valence-electron chi connectivity index (χ3n) is 5.55. The molecule has 4 N–H and O–H groups in total. The fraction of sp³-hybridized carbons (Fsp3) is 0.304. The summed E-state index contributed by atoms with van der Waals surface area (Å²) in [5.41, 5.74) is 4.82. The number of aromatic nitrogens is 1. The van der Waals surface area contributed by atoms with E-state index in [1.807, 2.05) is 33.3 Å². The van der Waals surface area contributed by atoms with E-state index in [9.17, 15) is 14.7 Å². The number of likely N-dealkylation sites (N-methyl/N-ethyl adjacent to an activating group) is 1. The number of phenolic OH excluding ortho intramolecular Hbond substituents is 1. The van der Waals surface area contributed by atoms with Gasteiger partial charge in [-0.25, -0.2) is 0 Å². The maximum Gasteiger partial charge on any atom is 0.252 e. The summed E-state index contributed by atoms with van der Waals surface area (Å²) < 4.78 is 0. The summed E-state index contributed by atoms with van der Waals surface area (Å²) in [6.45, 7) is 1.42. The standard InChI is InChI=1S/C23H26N4O3/c1-24-9-7-15-21-17(26-23(15)30)11-13(12-19(21)29)22-14(8-10-27(2)3)20-16(25-22)5-4-6-18(20)28/h4-6,11-12,24-25,28H,7-10H2,1-3H3,(H,26,30). The summed E-state index contributed by atoms with van der Waals surface area (Å²) in [7, 11) is 5.81. The molecule has 1 amide bonds. The van der Waals surface area contributed by atoms with Crippen LogP contribution in [-0.4, -0.2) is 60.9 Å². The lowest BCUT2D eigenvalue weighted by atomic mass is 9.91. The molecule has 2 aliphatic rings. The Labute approximate surface area is 175 Å². The van der Waals surface area contributed by atoms with Gasteiger partial charge in [0.05, 0.1) is 17.0 Å². The monoisotopic (exact) mass is 406 g/mol. The Morgan fingerprint density at radius 1 is 1.13 bits per heavy atom. The van der Waals surface area contributed by atoms with Crippen molar-refractivity contribution >= 4 is 28.2 Å². The zero-order valence-electron chi connectivity index (χ0n) is 17.4. The van der Waals surface area contributed by atoms with Crippen LogP contribution in [0.1, 0.15) is 17.7 Å². The third-order valence-corrected chi connectivity index (χ3v) is 5.55. The number of allylic oxidation sites excluding steroid dienone is 4. The molecule has 2 aromatic rings. The van der Waals surface area contributed by atoms with Crippen LogP contribution in [0.4, 0.5) is 0 Å². The van der Waals surface area contributed by atoms with Crippen LogP contribution in [0.15, 0.2) is 47.2 Å². The quantitative estimate of drug-likeness (QED) is 0.563. The fourth-order valence-electron chi connectivity index (χ4n) is 4.10. The number of rotatable bonds is 7. The SMILES string of the molecule is CNCCC1=C2C(=O)C=C(c3[nH]c4cccc(O)c4c3CCN(C)C)C=C2NC1=O. The van der Waals surface area contributed by atoms with Gasteiger partial charge < -0.3 is 25.6 Å². The van der Waals surface area contributed by atoms with Crippen molar-refractivity contribution in [2.45, 2.75) is 12.8 Å². The number of aromatic amines is 1. The molecule has 0 bridgehead atoms. The summed E-state index contributed by atoms with van der Waals surface area (Å²) in [5.74, 6) is -0.173. The number of aromatic hydroxyl groups is 1. The predicted octanol–water partition coefficient (Wildman–Crippen LogP) is 1.86. The first-order valence-corrected chi connectivity index (χ1v) is 10.1. The van der Waals surface area contributed by atoms with Crippen molar-refractivity contribution in [1.82, 2.24) is 20.5 Å². The molecule has 0 saturated heterocycles. The van der Waals surface area contributed by atoms with Gasteiger partial charge in [0.15, 0.2) is 5.78 Å². The van der Waals surface area contributed by atoms with Gasteiger partial charge in [-0.2, -0.15) is 0 Å². The molecular weight excluding hydrogens is 380 g/mol. The van der Waals surface area contributed by atoms with Crippen LogP contribution in [0.25, 0.3) is 16.5 Å². The molecule has 7 nitrogen and oxygen atoms in total. The van der Waals surface area contributed by atoms with Gasteiger partial charge in [-0.3, -0.25) is 9.59 Å². The molecule has 1 aromatic heterocycles. The van der Waals surface area contributed by atoms with E-state index in [2.05, 4.69) is 20.5 Å². The largest absolute Gasteiger partial charge is 0.507 e. The van der Waals surface area contributed by atoms with E-state index in [0.29, 0.717) is 41.8 Å². The topological polar surface area (TPSA) is 97.5 Å². The first-order chi connectivity index (χ1) is 14.4. The van der Waals surface area contributed by atoms with Crippen molar-refractivity contribution in [3.8, 4) is 5.75 Å². The molecular formula is C23H26N4O3. The predicted molar refractivity (Wildman–Crippen MR) is 117 cm³/mol. The highest BCUT2D eigenvalue weighted by Crippen LogP contribution is 2.37. The first-order valence-electron chi connectivity index (χ1n) is 10.1. The molecule has 0 atom stereocenters. The van der Waals surface area contributed by atoms with E-state index in [1.165, 1.54) is 0 Å². The smallest absolute Gasteiger partial charge is 0.252 e. The Bertz CT molecular complexity index is 1130. The molecule has 7 heteroatoms. The summed E-state index contributed by atoms with van der Waals surface area (Å²) in [5, 5.41) is 17.1. The number of carbonyl (C=O) groups excluding carboxylic acids is 2. The van der Waals surface area contributed by atoms with Crippen LogP contribution in [0.3, 0.4) is 0 Å². The first kappa shape index (κ1) is 20.1. The van der Waals surface area contributed by atoms with Crippen LogP contribution >= 0.6 is 0 Å². The van der Waals surface area contributed by atoms with E-state index < -0.39 is 0 Å². The van der Waals surface area contributed by atoms with Gasteiger partial charge in [-0.1, -0.05) is 6.07 Å². The molecule has 2 heterocycles. The number of hydrogen-bond donors (Lipinski definition) is 4. The third kappa shape index (κ3) is 3.46. The zero-order valence-corrected chi connectivity index (χ0v) is 17.4. The van der Waals surface area contributed by atoms with Gasteiger partial charge in [0.1, 0.15) is 5.75 Å². The van der Waals surface area contributed by atoms with Gasteiger partial charge in [-0.15, -0.1) is 0 Å². The lowest BCUT2D eigenvalue weighted by Gasteiger charge is -2.15. The molecule has 30 heavy (non-hydrogen) atoms. The van der Waals surface area contributed by atoms with Crippen LogP contribution in [0.5, 0.6) is 5.75 Å². The van der Waals surface area contributed by atoms with E-state index in [4.69, 9.17) is 0 Å². The van der Waals surface area contributed by atoms with Gasteiger partial charge in [0, 0.05) is 28.6 Å². The zero-order chi connectivity index (χ0) is 21.4. The van der Waals surface area contributed by atoms with Crippen molar-refractivity contribution in [2.24, 2.45) is 0 Å². The Balaban J connectivity index is 1.81. The number of benzene rings is 1. The normalized spacial score (nSPS) is 16.3. The fourth-order valence-corrected chi connectivity index (χ4v) is 4.10. The van der Waals surface area contributed by atoms with Crippen LogP contribution in [0, 0.1) is 0 Å². The Morgan fingerprint density at radius 3 is 2.67 bits per heavy atom. The minimum Gasteiger partial charge on any atom is -0.507 e. The highest BCUT2D eigenvalue weighted by molar-refractivity contribution is 6.22. The van der Waals surface area contributed by atoms with Crippen molar-refractivity contribution in [1.29, 1.82) is 0 Å². The van der Waals surface area contributed by atoms with E-state index >= 15 is 0 Å². The van der Waals surface area contributed by atoms with Crippen LogP contribution in [0.2, 0.25) is 0 Å². The van der Waals surface area contributed by atoms with Gasteiger partial charge in [-0.05, 0) is 70.4 Å². The number of ketones is 1. The molecule has 0 fully saturated rings. The molecule has 4 rings (SSSR count). The van der Waals surface area contributed by atoms with E-state index in [0.717, 1.165) is 28.7 Å². The number of carbonyl (C=O) groups is 2. The Kier molecular flexibility index (Phi) is 5.32. The van der Waals surface area contributed by atoms with Gasteiger partial charge >= 0.3 is 0 Å². The average molecular weight is 406 g/mol. The number of nitrogens with one attached hydrogen (secondary N) is 3. The van der Waals surface area contributed by atoms with Crippen molar-refractivity contribution in [3.63, 3.8) is 0 Å². The van der Waals surface area contributed by atoms with E-state index in [-0.39, 0.29) is 17.4 Å². The second-order valence-corrected chi connectivity index (χ2v) is 7.91. The van der Waals surface area contributed by atoms with Crippen molar-refractivity contribution in [2.75, 3.05) is 34.2 Å². The molecule has 1 aliphatic carbocycles. The number of nitrogens with zero attached hydrogens (tertiary/aromatic N) is 1. The highest BCUT2D eigenvalue weighted by atomic mass is 16.3. The maximum absolute atomic E-state index is 13.0. The Morgan fingerprint density at radius 2 is 1.93 bits per heavy atom. The summed E-state index contributed by atoms with van der Waals surface area (Å²) in [6, 6.07) is 5.37. The van der Waals surface area contributed by atoms with Gasteiger partial charge in [0.2, 0.25) is 0 Å². The summed E-state index contributed by atoms with van der Waals surface area (Å²) in [6.07, 6.45) is 4.64. The van der Waals surface area contributed by atoms with Gasteiger partial charge in [0.25, 0.3) is 5.91 Å². The lowest BCUT2D eigenvalue weighted by Crippen LogP contribution is -2.19. The highest BCUT2D eigenvalue weighted by Gasteiger charge is 2.33. The number of amides is 1. The summed E-state index contributed by atoms with van der Waals surface area (Å²) >= 11 is 0. The molecule has 0 unspecified atom stereocenters. The molecule has 156 valence electrons. The maximum atomic E-state index is 13.0. The lowest BCUT2D eigenvalue weighted by molar-refractivity contribution is -0.116. The second kappa shape index (κ2) is 7.93. The van der Waals surface area contributed by atoms with Crippen molar-refractivity contribution in [3.05, 3.63) is 58.5 Å². The average Bonchev–Trinajstić information content (AvgIpc) is 3.22. The minimum atomic E-state index is -0.211. The van der Waals surface area contributed by atoms with E-state index in [1.54, 1.807) is 18.2 Å². The number of H-pyrrole nitrogens is 1. The second-order valence-electron chi connectivity index (χ2n) is 7.91. The Hall–Kier alpha value is -3.16. The number of phenols is 1. The number of fused-ring (bicyclic) bond motifs is 2. The number of hydrogen-bond acceptors (Lipinski definition) is 5. The minimum absolute atomic E-state index is 0.173. The molecule has 0 saturated carbocycles. The molecule has 1 aromatic carbocycles. The van der Waals surface area contributed by atoms with Crippen molar-refractivity contribution < 1.29 is 14.7 Å². The molecule has 1 aliphatic heterocycles. The molecule has 0 radical (unpaired) electrons.